The molecule has 1 unspecified atom stereocenters. The van der Waals surface area contributed by atoms with Gasteiger partial charge in [0, 0.05) is 7.05 Å². The molecular formula is C14H16FN3OS2. The van der Waals surface area contributed by atoms with Gasteiger partial charge in [-0.05, 0) is 31.5 Å². The van der Waals surface area contributed by atoms with Crippen molar-refractivity contribution in [1.29, 1.82) is 0 Å². The van der Waals surface area contributed by atoms with Crippen LogP contribution in [0.2, 0.25) is 0 Å². The lowest BCUT2D eigenvalue weighted by Gasteiger charge is -2.25. The van der Waals surface area contributed by atoms with Gasteiger partial charge in [0.25, 0.3) is 0 Å². The maximum atomic E-state index is 12.9. The Labute approximate surface area is 131 Å². The second-order valence-electron chi connectivity index (χ2n) is 4.61. The molecule has 1 heterocycles. The molecule has 0 aliphatic rings. The first-order chi connectivity index (χ1) is 9.97. The first-order valence-electron chi connectivity index (χ1n) is 6.41. The summed E-state index contributed by atoms with van der Waals surface area (Å²) in [6.45, 7) is 3.80. The van der Waals surface area contributed by atoms with Crippen LogP contribution in [0.3, 0.4) is 0 Å². The number of benzene rings is 1. The van der Waals surface area contributed by atoms with E-state index < -0.39 is 0 Å². The van der Waals surface area contributed by atoms with E-state index in [4.69, 9.17) is 0 Å². The lowest BCUT2D eigenvalue weighted by atomic mass is 10.1. The van der Waals surface area contributed by atoms with Crippen LogP contribution in [0.4, 0.5) is 4.39 Å². The maximum Gasteiger partial charge on any atom is 0.233 e. The molecule has 4 nitrogen and oxygen atoms in total. The van der Waals surface area contributed by atoms with Crippen LogP contribution in [0.15, 0.2) is 28.6 Å². The molecule has 0 radical (unpaired) electrons. The molecular weight excluding hydrogens is 309 g/mol. The number of rotatable bonds is 5. The van der Waals surface area contributed by atoms with Gasteiger partial charge in [-0.3, -0.25) is 4.79 Å². The van der Waals surface area contributed by atoms with E-state index in [0.717, 1.165) is 14.9 Å². The number of aromatic nitrogens is 2. The second-order valence-corrected chi connectivity index (χ2v) is 7.01. The van der Waals surface area contributed by atoms with E-state index in [1.165, 1.54) is 35.2 Å². The zero-order valence-electron chi connectivity index (χ0n) is 12.0. The smallest absolute Gasteiger partial charge is 0.233 e. The highest BCUT2D eigenvalue weighted by molar-refractivity contribution is 8.01. The lowest BCUT2D eigenvalue weighted by molar-refractivity contribution is -0.128. The van der Waals surface area contributed by atoms with Crippen molar-refractivity contribution in [3.63, 3.8) is 0 Å². The summed E-state index contributed by atoms with van der Waals surface area (Å²) in [5.41, 5.74) is 0.906. The second kappa shape index (κ2) is 7.00. The zero-order chi connectivity index (χ0) is 15.4. The molecule has 0 spiro atoms. The molecule has 112 valence electrons. The Morgan fingerprint density at radius 2 is 2.05 bits per heavy atom. The SMILES string of the molecule is Cc1nnc(SCC(=O)N(C)C(C)c2ccc(F)cc2)s1. The summed E-state index contributed by atoms with van der Waals surface area (Å²) in [4.78, 5) is 13.9. The first kappa shape index (κ1) is 15.9. The highest BCUT2D eigenvalue weighted by Gasteiger charge is 2.18. The molecule has 0 saturated heterocycles. The monoisotopic (exact) mass is 325 g/mol. The van der Waals surface area contributed by atoms with Crippen LogP contribution in [0.5, 0.6) is 0 Å². The van der Waals surface area contributed by atoms with Crippen molar-refractivity contribution in [1.82, 2.24) is 15.1 Å². The molecule has 2 rings (SSSR count). The Hall–Kier alpha value is -1.47. The first-order valence-corrected chi connectivity index (χ1v) is 8.21. The van der Waals surface area contributed by atoms with Crippen molar-refractivity contribution in [2.75, 3.05) is 12.8 Å². The number of carbonyl (C=O) groups excluding carboxylic acids is 1. The van der Waals surface area contributed by atoms with Gasteiger partial charge in [0.05, 0.1) is 11.8 Å². The average Bonchev–Trinajstić information content (AvgIpc) is 2.89. The summed E-state index contributed by atoms with van der Waals surface area (Å²) in [5, 5.41) is 8.78. The number of aryl methyl sites for hydroxylation is 1. The molecule has 0 fully saturated rings. The molecule has 1 aromatic heterocycles. The van der Waals surface area contributed by atoms with E-state index in [2.05, 4.69) is 10.2 Å². The molecule has 0 saturated carbocycles. The lowest BCUT2D eigenvalue weighted by Crippen LogP contribution is -2.31. The molecule has 0 N–H and O–H groups in total. The molecule has 0 bridgehead atoms. The molecule has 0 aliphatic carbocycles. The van der Waals surface area contributed by atoms with E-state index >= 15 is 0 Å². The number of nitrogens with zero attached hydrogens (tertiary/aromatic N) is 3. The number of hydrogen-bond acceptors (Lipinski definition) is 5. The standard InChI is InChI=1S/C14H16FN3OS2/c1-9(11-4-6-12(15)7-5-11)18(3)13(19)8-20-14-17-16-10(2)21-14/h4-7,9H,8H2,1-3H3. The van der Waals surface area contributed by atoms with Crippen molar-refractivity contribution in [3.05, 3.63) is 40.7 Å². The van der Waals surface area contributed by atoms with Gasteiger partial charge in [-0.2, -0.15) is 0 Å². The van der Waals surface area contributed by atoms with Crippen LogP contribution >= 0.6 is 23.1 Å². The minimum Gasteiger partial charge on any atom is -0.338 e. The fraction of sp³-hybridized carbons (Fsp3) is 0.357. The van der Waals surface area contributed by atoms with Crippen LogP contribution in [0.25, 0.3) is 0 Å². The van der Waals surface area contributed by atoms with E-state index in [9.17, 15) is 9.18 Å². The summed E-state index contributed by atoms with van der Waals surface area (Å²) in [6.07, 6.45) is 0. The van der Waals surface area contributed by atoms with Crippen molar-refractivity contribution in [3.8, 4) is 0 Å². The third kappa shape index (κ3) is 4.25. The molecule has 7 heteroatoms. The predicted molar refractivity (Wildman–Crippen MR) is 83.0 cm³/mol. The van der Waals surface area contributed by atoms with Crippen LogP contribution in [-0.2, 0) is 4.79 Å². The summed E-state index contributed by atoms with van der Waals surface area (Å²) in [7, 11) is 1.75. The van der Waals surface area contributed by atoms with Crippen molar-refractivity contribution < 1.29 is 9.18 Å². The van der Waals surface area contributed by atoms with Crippen molar-refractivity contribution >= 4 is 29.0 Å². The van der Waals surface area contributed by atoms with Gasteiger partial charge in [0.1, 0.15) is 10.8 Å². The van der Waals surface area contributed by atoms with Gasteiger partial charge in [0.2, 0.25) is 5.91 Å². The van der Waals surface area contributed by atoms with E-state index in [1.807, 2.05) is 13.8 Å². The Balaban J connectivity index is 1.93. The van der Waals surface area contributed by atoms with E-state index in [0.29, 0.717) is 5.75 Å². The van der Waals surface area contributed by atoms with Gasteiger partial charge < -0.3 is 4.90 Å². The number of carbonyl (C=O) groups is 1. The van der Waals surface area contributed by atoms with Gasteiger partial charge in [0.15, 0.2) is 4.34 Å². The van der Waals surface area contributed by atoms with Crippen molar-refractivity contribution in [2.24, 2.45) is 0 Å². The Morgan fingerprint density at radius 3 is 2.62 bits per heavy atom. The minimum absolute atomic E-state index is 0.00433. The Bertz CT molecular complexity index is 615. The van der Waals surface area contributed by atoms with Crippen LogP contribution in [0.1, 0.15) is 23.5 Å². The summed E-state index contributed by atoms with van der Waals surface area (Å²) < 4.78 is 13.7. The van der Waals surface area contributed by atoms with Gasteiger partial charge in [-0.1, -0.05) is 35.2 Å². The average molecular weight is 325 g/mol. The molecule has 2 aromatic rings. The molecule has 1 atom stereocenters. The summed E-state index contributed by atoms with van der Waals surface area (Å²) in [6, 6.07) is 6.11. The Morgan fingerprint density at radius 1 is 1.38 bits per heavy atom. The third-order valence-corrected chi connectivity index (χ3v) is 5.11. The largest absolute Gasteiger partial charge is 0.338 e. The zero-order valence-corrected chi connectivity index (χ0v) is 13.7. The van der Waals surface area contributed by atoms with Gasteiger partial charge >= 0.3 is 0 Å². The number of amides is 1. The molecule has 0 aliphatic heterocycles. The molecule has 1 aromatic carbocycles. The highest BCUT2D eigenvalue weighted by atomic mass is 32.2. The quantitative estimate of drug-likeness (QED) is 0.791. The number of thioether (sulfide) groups is 1. The van der Waals surface area contributed by atoms with Crippen LogP contribution in [-0.4, -0.2) is 33.8 Å². The number of hydrogen-bond donors (Lipinski definition) is 0. The van der Waals surface area contributed by atoms with Gasteiger partial charge in [-0.25, -0.2) is 4.39 Å². The predicted octanol–water partition coefficient (Wildman–Crippen LogP) is 3.30. The summed E-state index contributed by atoms with van der Waals surface area (Å²) in [5.74, 6) is 0.0447. The fourth-order valence-electron chi connectivity index (χ4n) is 1.74. The molecule has 21 heavy (non-hydrogen) atoms. The van der Waals surface area contributed by atoms with E-state index in [-0.39, 0.29) is 17.8 Å². The third-order valence-electron chi connectivity index (χ3n) is 3.15. The highest BCUT2D eigenvalue weighted by Crippen LogP contribution is 2.24. The maximum absolute atomic E-state index is 12.9. The summed E-state index contributed by atoms with van der Waals surface area (Å²) >= 11 is 2.86. The van der Waals surface area contributed by atoms with Crippen LogP contribution in [0, 0.1) is 12.7 Å². The van der Waals surface area contributed by atoms with Crippen LogP contribution < -0.4 is 0 Å². The van der Waals surface area contributed by atoms with Crippen molar-refractivity contribution in [2.45, 2.75) is 24.2 Å². The van der Waals surface area contributed by atoms with Gasteiger partial charge in [-0.15, -0.1) is 10.2 Å². The topological polar surface area (TPSA) is 46.1 Å². The molecule has 1 amide bonds. The normalized spacial score (nSPS) is 12.2. The Kier molecular flexibility index (Phi) is 5.30. The minimum atomic E-state index is -0.276. The fourth-order valence-corrected chi connectivity index (χ4v) is 3.48. The van der Waals surface area contributed by atoms with E-state index in [1.54, 1.807) is 24.1 Å². The number of halogens is 1.